The summed E-state index contributed by atoms with van der Waals surface area (Å²) < 4.78 is 1.67. The quantitative estimate of drug-likeness (QED) is 0.225. The van der Waals surface area contributed by atoms with E-state index < -0.39 is 0 Å². The minimum Gasteiger partial charge on any atom is -0.308 e. The summed E-state index contributed by atoms with van der Waals surface area (Å²) in [6.45, 7) is 3.99. The molecular formula is C28H26ClN3O2S2. The number of anilines is 1. The highest BCUT2D eigenvalue weighted by molar-refractivity contribution is 7.99. The number of hydrogen-bond acceptors (Lipinski definition) is 5. The smallest absolute Gasteiger partial charge is 0.267 e. The molecule has 0 saturated carbocycles. The third-order valence-corrected chi connectivity index (χ3v) is 9.76. The lowest BCUT2D eigenvalue weighted by Crippen LogP contribution is -2.37. The van der Waals surface area contributed by atoms with E-state index in [1.54, 1.807) is 15.9 Å². The van der Waals surface area contributed by atoms with Gasteiger partial charge in [-0.25, -0.2) is 4.98 Å². The topological polar surface area (TPSA) is 55.2 Å². The average Bonchev–Trinajstić information content (AvgIpc) is 3.41. The van der Waals surface area contributed by atoms with Gasteiger partial charge in [-0.1, -0.05) is 47.6 Å². The number of carbonyl (C=O) groups is 1. The Kier molecular flexibility index (Phi) is 6.18. The van der Waals surface area contributed by atoms with Gasteiger partial charge in [0.15, 0.2) is 5.16 Å². The molecule has 0 bridgehead atoms. The number of hydrogen-bond donors (Lipinski definition) is 0. The van der Waals surface area contributed by atoms with Crippen molar-refractivity contribution >= 4 is 56.5 Å². The van der Waals surface area contributed by atoms with Gasteiger partial charge in [0.25, 0.3) is 5.56 Å². The van der Waals surface area contributed by atoms with Crippen LogP contribution in [0.3, 0.4) is 0 Å². The van der Waals surface area contributed by atoms with Gasteiger partial charge >= 0.3 is 0 Å². The Morgan fingerprint density at radius 3 is 2.78 bits per heavy atom. The van der Waals surface area contributed by atoms with Gasteiger partial charge in [-0.2, -0.15) is 0 Å². The Labute approximate surface area is 223 Å². The largest absolute Gasteiger partial charge is 0.308 e. The van der Waals surface area contributed by atoms with Crippen LogP contribution in [0.15, 0.2) is 52.4 Å². The number of nitrogens with zero attached hydrogens (tertiary/aromatic N) is 3. The molecule has 2 aromatic heterocycles. The maximum absolute atomic E-state index is 14.0. The summed E-state index contributed by atoms with van der Waals surface area (Å²) in [6.07, 6.45) is 5.00. The number of aromatic nitrogens is 2. The summed E-state index contributed by atoms with van der Waals surface area (Å²) >= 11 is 9.42. The number of amides is 1. The van der Waals surface area contributed by atoms with Crippen molar-refractivity contribution < 1.29 is 4.79 Å². The standard InChI is InChI=1S/C28H26ClN3O2S2/c1-16-14-18-8-3-5-11-22(18)31(16)24(33)15-35-28-30-26-25(19-9-4-6-13-23(19)36-26)27(34)32(28)21-12-7-10-20(29)17(21)2/h3,5,7-8,10-12,16H,4,6,9,13-15H2,1-2H3. The molecule has 184 valence electrons. The number of fused-ring (bicyclic) bond motifs is 4. The zero-order valence-corrected chi connectivity index (χ0v) is 22.6. The van der Waals surface area contributed by atoms with Gasteiger partial charge < -0.3 is 4.90 Å². The molecule has 1 amide bonds. The molecule has 0 fully saturated rings. The molecule has 2 aromatic carbocycles. The fraction of sp³-hybridized carbons (Fsp3) is 0.321. The molecule has 0 spiro atoms. The van der Waals surface area contributed by atoms with E-state index in [0.29, 0.717) is 15.9 Å². The number of halogens is 1. The van der Waals surface area contributed by atoms with Crippen LogP contribution in [0.25, 0.3) is 15.9 Å². The molecule has 5 nitrogen and oxygen atoms in total. The molecule has 3 heterocycles. The zero-order valence-electron chi connectivity index (χ0n) is 20.2. The highest BCUT2D eigenvalue weighted by Crippen LogP contribution is 2.37. The lowest BCUT2D eigenvalue weighted by molar-refractivity contribution is -0.116. The van der Waals surface area contributed by atoms with Gasteiger partial charge in [0.1, 0.15) is 4.83 Å². The number of thioether (sulfide) groups is 1. The minimum atomic E-state index is -0.0698. The Morgan fingerprint density at radius 1 is 1.14 bits per heavy atom. The molecule has 0 radical (unpaired) electrons. The average molecular weight is 536 g/mol. The van der Waals surface area contributed by atoms with Crippen molar-refractivity contribution in [2.45, 2.75) is 57.1 Å². The summed E-state index contributed by atoms with van der Waals surface area (Å²) in [7, 11) is 0. The van der Waals surface area contributed by atoms with Gasteiger partial charge in [0.05, 0.1) is 16.8 Å². The molecule has 6 rings (SSSR count). The van der Waals surface area contributed by atoms with Crippen LogP contribution in [0.2, 0.25) is 5.02 Å². The van der Waals surface area contributed by atoms with Crippen molar-refractivity contribution in [3.05, 3.63) is 79.4 Å². The zero-order chi connectivity index (χ0) is 25.0. The van der Waals surface area contributed by atoms with E-state index in [0.717, 1.165) is 59.1 Å². The molecule has 0 N–H and O–H groups in total. The summed E-state index contributed by atoms with van der Waals surface area (Å²) in [5.41, 5.74) is 4.79. The molecule has 1 aliphatic heterocycles. The second kappa shape index (κ2) is 9.36. The van der Waals surface area contributed by atoms with E-state index >= 15 is 0 Å². The summed E-state index contributed by atoms with van der Waals surface area (Å²) in [5, 5.41) is 1.86. The first kappa shape index (κ1) is 23.8. The van der Waals surface area contributed by atoms with Crippen molar-refractivity contribution in [1.29, 1.82) is 0 Å². The maximum atomic E-state index is 14.0. The Bertz CT molecular complexity index is 1580. The first-order chi connectivity index (χ1) is 17.4. The minimum absolute atomic E-state index is 0.0200. The lowest BCUT2D eigenvalue weighted by Gasteiger charge is -2.23. The van der Waals surface area contributed by atoms with E-state index in [9.17, 15) is 9.59 Å². The van der Waals surface area contributed by atoms with Crippen LogP contribution in [-0.2, 0) is 24.1 Å². The predicted octanol–water partition coefficient (Wildman–Crippen LogP) is 6.36. The fourth-order valence-electron chi connectivity index (χ4n) is 5.48. The molecule has 0 saturated heterocycles. The first-order valence-corrected chi connectivity index (χ1v) is 14.5. The van der Waals surface area contributed by atoms with Crippen LogP contribution in [0, 0.1) is 6.92 Å². The fourth-order valence-corrected chi connectivity index (χ4v) is 7.81. The number of aryl methyl sites for hydroxylation is 2. The SMILES string of the molecule is Cc1c(Cl)cccc1-n1c(SCC(=O)N2c3ccccc3CC2C)nc2sc3c(c2c1=O)CCCC3. The van der Waals surface area contributed by atoms with Gasteiger partial charge in [0.2, 0.25) is 5.91 Å². The molecule has 8 heteroatoms. The van der Waals surface area contributed by atoms with Crippen LogP contribution >= 0.6 is 34.7 Å². The van der Waals surface area contributed by atoms with Gasteiger partial charge in [-0.05, 0) is 80.8 Å². The molecule has 4 aromatic rings. The Morgan fingerprint density at radius 2 is 1.92 bits per heavy atom. The number of benzene rings is 2. The number of carbonyl (C=O) groups excluding carboxylic acids is 1. The number of rotatable bonds is 4. The van der Waals surface area contributed by atoms with Crippen LogP contribution in [-0.4, -0.2) is 27.3 Å². The van der Waals surface area contributed by atoms with E-state index in [-0.39, 0.29) is 23.3 Å². The lowest BCUT2D eigenvalue weighted by atomic mass is 9.97. The third kappa shape index (κ3) is 3.88. The highest BCUT2D eigenvalue weighted by Gasteiger charge is 2.31. The van der Waals surface area contributed by atoms with Crippen molar-refractivity contribution in [3.8, 4) is 5.69 Å². The summed E-state index contributed by atoms with van der Waals surface area (Å²) in [6, 6.07) is 13.8. The molecule has 36 heavy (non-hydrogen) atoms. The summed E-state index contributed by atoms with van der Waals surface area (Å²) in [4.78, 5) is 36.4. The van der Waals surface area contributed by atoms with Crippen molar-refractivity contribution in [1.82, 2.24) is 9.55 Å². The second-order valence-electron chi connectivity index (χ2n) is 9.54. The van der Waals surface area contributed by atoms with E-state index in [1.165, 1.54) is 22.2 Å². The van der Waals surface area contributed by atoms with Crippen LogP contribution in [0.4, 0.5) is 5.69 Å². The van der Waals surface area contributed by atoms with Crippen LogP contribution < -0.4 is 10.5 Å². The highest BCUT2D eigenvalue weighted by atomic mass is 35.5. The monoisotopic (exact) mass is 535 g/mol. The normalized spacial score (nSPS) is 16.9. The van der Waals surface area contributed by atoms with E-state index in [4.69, 9.17) is 16.6 Å². The second-order valence-corrected chi connectivity index (χ2v) is 12.0. The molecular weight excluding hydrogens is 510 g/mol. The van der Waals surface area contributed by atoms with Gasteiger partial charge in [0, 0.05) is 21.6 Å². The van der Waals surface area contributed by atoms with Crippen molar-refractivity contribution in [3.63, 3.8) is 0 Å². The first-order valence-electron chi connectivity index (χ1n) is 12.3. The predicted molar refractivity (Wildman–Crippen MR) is 149 cm³/mol. The maximum Gasteiger partial charge on any atom is 0.267 e. The number of thiophene rings is 1. The molecule has 1 unspecified atom stereocenters. The van der Waals surface area contributed by atoms with Crippen LogP contribution in [0.5, 0.6) is 0 Å². The van der Waals surface area contributed by atoms with E-state index in [2.05, 4.69) is 13.0 Å². The number of para-hydroxylation sites is 1. The molecule has 1 aliphatic carbocycles. The molecule has 1 atom stereocenters. The summed E-state index contributed by atoms with van der Waals surface area (Å²) in [5.74, 6) is 0.216. The van der Waals surface area contributed by atoms with E-state index in [1.807, 2.05) is 48.2 Å². The van der Waals surface area contributed by atoms with Gasteiger partial charge in [-0.15, -0.1) is 11.3 Å². The third-order valence-electron chi connectivity index (χ3n) is 7.24. The Balaban J connectivity index is 1.43. The molecule has 2 aliphatic rings. The van der Waals surface area contributed by atoms with Gasteiger partial charge in [-0.3, -0.25) is 14.2 Å². The van der Waals surface area contributed by atoms with Crippen molar-refractivity contribution in [2.24, 2.45) is 0 Å². The Hall–Kier alpha value is -2.61. The van der Waals surface area contributed by atoms with Crippen LogP contribution in [0.1, 0.15) is 41.3 Å². The van der Waals surface area contributed by atoms with Crippen molar-refractivity contribution in [2.75, 3.05) is 10.7 Å².